The van der Waals surface area contributed by atoms with E-state index in [2.05, 4.69) is 43.8 Å². The topological polar surface area (TPSA) is 64.6 Å². The summed E-state index contributed by atoms with van der Waals surface area (Å²) in [6.45, 7) is 8.91. The van der Waals surface area contributed by atoms with Gasteiger partial charge in [-0.3, -0.25) is 4.68 Å². The first-order chi connectivity index (χ1) is 13.3. The van der Waals surface area contributed by atoms with E-state index in [1.165, 1.54) is 5.56 Å². The molecule has 0 aliphatic rings. The lowest BCUT2D eigenvalue weighted by Crippen LogP contribution is -2.00. The van der Waals surface area contributed by atoms with Crippen LogP contribution >= 0.6 is 0 Å². The Morgan fingerprint density at radius 3 is 2.57 bits per heavy atom. The van der Waals surface area contributed by atoms with Gasteiger partial charge in [-0.2, -0.15) is 5.10 Å². The van der Waals surface area contributed by atoms with E-state index in [-0.39, 0.29) is 11.7 Å². The van der Waals surface area contributed by atoms with Crippen LogP contribution in [0, 0.1) is 0 Å². The average Bonchev–Trinajstić information content (AvgIpc) is 3.21. The smallest absolute Gasteiger partial charge is 0.141 e. The highest BCUT2D eigenvalue weighted by atomic mass is 16.5. The van der Waals surface area contributed by atoms with E-state index in [0.29, 0.717) is 12.5 Å². The molecule has 0 saturated carbocycles. The Balaban J connectivity index is 1.65. The summed E-state index contributed by atoms with van der Waals surface area (Å²) in [6, 6.07) is 7.58. The standard InChI is InChI=1S/C22H26N4O2/c1-13(2)19-9-18(6-15-10-23-25(5)22(15)19)28-12-16-11-26-20(14(3)4)7-17(27)8-21(26)24-16/h6-11,13-14,27H,12H2,1-5H3. The van der Waals surface area contributed by atoms with E-state index < -0.39 is 0 Å². The maximum atomic E-state index is 9.97. The van der Waals surface area contributed by atoms with Gasteiger partial charge in [0.15, 0.2) is 0 Å². The summed E-state index contributed by atoms with van der Waals surface area (Å²) in [6.07, 6.45) is 3.85. The Bertz CT molecular complexity index is 1150. The Labute approximate surface area is 164 Å². The van der Waals surface area contributed by atoms with Crippen molar-refractivity contribution in [2.45, 2.75) is 46.1 Å². The third-order valence-electron chi connectivity index (χ3n) is 5.07. The van der Waals surface area contributed by atoms with Gasteiger partial charge in [0.25, 0.3) is 0 Å². The SMILES string of the molecule is CC(C)c1cc(OCc2cn3c(C(C)C)cc(O)cc3n2)cc2cnn(C)c12. The van der Waals surface area contributed by atoms with Crippen molar-refractivity contribution in [3.8, 4) is 11.5 Å². The van der Waals surface area contributed by atoms with Gasteiger partial charge in [-0.1, -0.05) is 27.7 Å². The summed E-state index contributed by atoms with van der Waals surface area (Å²) < 4.78 is 10.0. The molecule has 0 fully saturated rings. The number of pyridine rings is 1. The number of benzene rings is 1. The summed E-state index contributed by atoms with van der Waals surface area (Å²) in [5.74, 6) is 1.69. The molecule has 6 heteroatoms. The van der Waals surface area contributed by atoms with E-state index in [0.717, 1.165) is 33.7 Å². The monoisotopic (exact) mass is 378 g/mol. The molecule has 3 aromatic heterocycles. The predicted molar refractivity (Wildman–Crippen MR) is 110 cm³/mol. The van der Waals surface area contributed by atoms with Crippen LogP contribution in [0.15, 0.2) is 36.7 Å². The molecule has 6 nitrogen and oxygen atoms in total. The molecule has 0 amide bonds. The Morgan fingerprint density at radius 2 is 1.86 bits per heavy atom. The van der Waals surface area contributed by atoms with Crippen LogP contribution < -0.4 is 4.74 Å². The molecule has 0 spiro atoms. The first-order valence-corrected chi connectivity index (χ1v) is 9.63. The fourth-order valence-corrected chi connectivity index (χ4v) is 3.67. The second-order valence-electron chi connectivity index (χ2n) is 7.92. The number of aromatic nitrogens is 4. The third-order valence-corrected chi connectivity index (χ3v) is 5.07. The second-order valence-corrected chi connectivity index (χ2v) is 7.92. The lowest BCUT2D eigenvalue weighted by molar-refractivity contribution is 0.302. The molecule has 28 heavy (non-hydrogen) atoms. The molecule has 0 aliphatic carbocycles. The third kappa shape index (κ3) is 3.19. The summed E-state index contributed by atoms with van der Waals surface area (Å²) >= 11 is 0. The van der Waals surface area contributed by atoms with Gasteiger partial charge >= 0.3 is 0 Å². The molecule has 146 valence electrons. The lowest BCUT2D eigenvalue weighted by Gasteiger charge is -2.12. The van der Waals surface area contributed by atoms with Crippen molar-refractivity contribution in [2.75, 3.05) is 0 Å². The van der Waals surface area contributed by atoms with Crippen LogP contribution in [0.1, 0.15) is 56.5 Å². The highest BCUT2D eigenvalue weighted by Gasteiger charge is 2.14. The minimum Gasteiger partial charge on any atom is -0.508 e. The molecule has 0 atom stereocenters. The molecule has 0 radical (unpaired) electrons. The number of hydrogen-bond donors (Lipinski definition) is 1. The minimum atomic E-state index is 0.234. The number of aromatic hydroxyl groups is 1. The van der Waals surface area contributed by atoms with Crippen LogP contribution in [0.25, 0.3) is 16.6 Å². The number of fused-ring (bicyclic) bond motifs is 2. The number of ether oxygens (including phenoxy) is 1. The molecule has 0 saturated heterocycles. The van der Waals surface area contributed by atoms with Crippen LogP contribution in [-0.2, 0) is 13.7 Å². The summed E-state index contributed by atoms with van der Waals surface area (Å²) in [5, 5.41) is 15.4. The van der Waals surface area contributed by atoms with Crippen LogP contribution in [-0.4, -0.2) is 24.3 Å². The van der Waals surface area contributed by atoms with Crippen molar-refractivity contribution in [1.82, 2.24) is 19.2 Å². The zero-order chi connectivity index (χ0) is 20.0. The Morgan fingerprint density at radius 1 is 1.07 bits per heavy atom. The summed E-state index contributed by atoms with van der Waals surface area (Å²) in [7, 11) is 1.97. The van der Waals surface area contributed by atoms with E-state index in [1.54, 1.807) is 12.1 Å². The number of hydrogen-bond acceptors (Lipinski definition) is 4. The molecular formula is C22H26N4O2. The molecule has 4 rings (SSSR count). The quantitative estimate of drug-likeness (QED) is 0.544. The van der Waals surface area contributed by atoms with E-state index in [1.807, 2.05) is 34.6 Å². The average molecular weight is 378 g/mol. The van der Waals surface area contributed by atoms with Crippen molar-refractivity contribution in [2.24, 2.45) is 7.05 Å². The summed E-state index contributed by atoms with van der Waals surface area (Å²) in [4.78, 5) is 4.62. The van der Waals surface area contributed by atoms with Gasteiger partial charge < -0.3 is 14.2 Å². The molecule has 0 aliphatic heterocycles. The van der Waals surface area contributed by atoms with Crippen LogP contribution in [0.3, 0.4) is 0 Å². The highest BCUT2D eigenvalue weighted by Crippen LogP contribution is 2.30. The van der Waals surface area contributed by atoms with Gasteiger partial charge in [0.05, 0.1) is 17.4 Å². The molecule has 4 aromatic rings. The predicted octanol–water partition coefficient (Wildman–Crippen LogP) is 4.75. The van der Waals surface area contributed by atoms with Crippen molar-refractivity contribution in [3.05, 3.63) is 53.6 Å². The van der Waals surface area contributed by atoms with E-state index in [4.69, 9.17) is 4.74 Å². The first-order valence-electron chi connectivity index (χ1n) is 9.63. The molecule has 1 N–H and O–H groups in total. The normalized spacial score (nSPS) is 12.0. The van der Waals surface area contributed by atoms with Gasteiger partial charge in [0.2, 0.25) is 0 Å². The second kappa shape index (κ2) is 6.86. The zero-order valence-corrected chi connectivity index (χ0v) is 17.0. The van der Waals surface area contributed by atoms with Crippen LogP contribution in [0.4, 0.5) is 0 Å². The van der Waals surface area contributed by atoms with E-state index in [9.17, 15) is 5.11 Å². The largest absolute Gasteiger partial charge is 0.508 e. The van der Waals surface area contributed by atoms with Gasteiger partial charge in [-0.05, 0) is 29.5 Å². The maximum absolute atomic E-state index is 9.97. The fraction of sp³-hybridized carbons (Fsp3) is 0.364. The van der Waals surface area contributed by atoms with Crippen molar-refractivity contribution in [1.29, 1.82) is 0 Å². The van der Waals surface area contributed by atoms with Gasteiger partial charge in [0, 0.05) is 36.5 Å². The van der Waals surface area contributed by atoms with Crippen LogP contribution in [0.2, 0.25) is 0 Å². The minimum absolute atomic E-state index is 0.234. The van der Waals surface area contributed by atoms with E-state index >= 15 is 0 Å². The zero-order valence-electron chi connectivity index (χ0n) is 17.0. The summed E-state index contributed by atoms with van der Waals surface area (Å²) in [5.41, 5.74) is 4.94. The number of aryl methyl sites for hydroxylation is 1. The molecule has 0 unspecified atom stereocenters. The lowest BCUT2D eigenvalue weighted by atomic mass is 10.00. The number of nitrogens with zero attached hydrogens (tertiary/aromatic N) is 4. The Hall–Kier alpha value is -3.02. The maximum Gasteiger partial charge on any atom is 0.141 e. The molecular weight excluding hydrogens is 352 g/mol. The van der Waals surface area contributed by atoms with Crippen molar-refractivity contribution < 1.29 is 9.84 Å². The van der Waals surface area contributed by atoms with Crippen molar-refractivity contribution in [3.63, 3.8) is 0 Å². The van der Waals surface area contributed by atoms with Crippen LogP contribution in [0.5, 0.6) is 11.5 Å². The molecule has 3 heterocycles. The Kier molecular flexibility index (Phi) is 4.49. The fourth-order valence-electron chi connectivity index (χ4n) is 3.67. The number of imidazole rings is 1. The van der Waals surface area contributed by atoms with Gasteiger partial charge in [0.1, 0.15) is 23.8 Å². The van der Waals surface area contributed by atoms with Gasteiger partial charge in [-0.25, -0.2) is 4.98 Å². The highest BCUT2D eigenvalue weighted by molar-refractivity contribution is 5.84. The molecule has 1 aromatic carbocycles. The molecule has 0 bridgehead atoms. The van der Waals surface area contributed by atoms with Gasteiger partial charge in [-0.15, -0.1) is 0 Å². The number of rotatable bonds is 5. The first kappa shape index (κ1) is 18.3. The van der Waals surface area contributed by atoms with Crippen molar-refractivity contribution >= 4 is 16.6 Å².